The van der Waals surface area contributed by atoms with E-state index in [9.17, 15) is 19.2 Å². The lowest BCUT2D eigenvalue weighted by Gasteiger charge is -2.25. The first kappa shape index (κ1) is 30.6. The highest BCUT2D eigenvalue weighted by atomic mass is 16.3. The van der Waals surface area contributed by atoms with Gasteiger partial charge in [0.1, 0.15) is 17.0 Å². The van der Waals surface area contributed by atoms with Crippen LogP contribution in [-0.2, 0) is 9.59 Å². The second-order valence-electron chi connectivity index (χ2n) is 11.3. The molecule has 2 saturated heterocycles. The number of amides is 4. The summed E-state index contributed by atoms with van der Waals surface area (Å²) in [5, 5.41) is 3.58. The van der Waals surface area contributed by atoms with Crippen molar-refractivity contribution in [3.63, 3.8) is 0 Å². The van der Waals surface area contributed by atoms with E-state index < -0.39 is 11.8 Å². The van der Waals surface area contributed by atoms with Gasteiger partial charge in [0.15, 0.2) is 0 Å². The Morgan fingerprint density at radius 1 is 1.07 bits per heavy atom. The number of likely N-dealkylation sites (tertiary alicyclic amines) is 2. The molecule has 12 heteroatoms. The summed E-state index contributed by atoms with van der Waals surface area (Å²) in [6.07, 6.45) is 7.04. The molecule has 2 aromatic heterocycles. The summed E-state index contributed by atoms with van der Waals surface area (Å²) >= 11 is 0. The molecule has 5 rings (SSSR count). The minimum absolute atomic E-state index is 0.0244. The van der Waals surface area contributed by atoms with E-state index >= 15 is 0 Å². The van der Waals surface area contributed by atoms with E-state index in [2.05, 4.69) is 20.3 Å². The molecule has 4 heterocycles. The van der Waals surface area contributed by atoms with Gasteiger partial charge in [0.2, 0.25) is 17.8 Å². The number of pyridine rings is 1. The van der Waals surface area contributed by atoms with Crippen molar-refractivity contribution in [3.8, 4) is 0 Å². The minimum Gasteiger partial charge on any atom is -0.461 e. The van der Waals surface area contributed by atoms with Crippen LogP contribution in [0.1, 0.15) is 58.7 Å². The summed E-state index contributed by atoms with van der Waals surface area (Å²) in [4.78, 5) is 70.0. The van der Waals surface area contributed by atoms with E-state index in [1.165, 1.54) is 29.4 Å². The first-order valence-corrected chi connectivity index (χ1v) is 14.9. The molecular weight excluding hydrogens is 562 g/mol. The predicted octanol–water partition coefficient (Wildman–Crippen LogP) is 3.58. The fourth-order valence-corrected chi connectivity index (χ4v) is 5.36. The van der Waals surface area contributed by atoms with Crippen LogP contribution in [0.25, 0.3) is 11.0 Å². The molecule has 1 aromatic carbocycles. The molecule has 1 atom stereocenters. The van der Waals surface area contributed by atoms with Crippen molar-refractivity contribution in [3.05, 3.63) is 59.6 Å². The molecule has 2 aliphatic heterocycles. The van der Waals surface area contributed by atoms with Crippen LogP contribution in [-0.4, -0.2) is 95.8 Å². The zero-order chi connectivity index (χ0) is 31.2. The largest absolute Gasteiger partial charge is 0.461 e. The molecule has 44 heavy (non-hydrogen) atoms. The predicted molar refractivity (Wildman–Crippen MR) is 166 cm³/mol. The van der Waals surface area contributed by atoms with E-state index in [-0.39, 0.29) is 41.5 Å². The van der Waals surface area contributed by atoms with Gasteiger partial charge in [-0.15, -0.1) is 0 Å². The molecule has 1 unspecified atom stereocenters. The summed E-state index contributed by atoms with van der Waals surface area (Å²) in [5.74, 6) is -0.916. The maximum atomic E-state index is 13.5. The van der Waals surface area contributed by atoms with Gasteiger partial charge in [0.05, 0.1) is 18.2 Å². The van der Waals surface area contributed by atoms with Crippen molar-refractivity contribution < 1.29 is 23.6 Å². The second kappa shape index (κ2) is 13.6. The summed E-state index contributed by atoms with van der Waals surface area (Å²) in [7, 11) is 3.21. The fourth-order valence-electron chi connectivity index (χ4n) is 5.36. The van der Waals surface area contributed by atoms with Crippen molar-refractivity contribution in [2.24, 2.45) is 15.9 Å². The lowest BCUT2D eigenvalue weighted by atomic mass is 10.0. The van der Waals surface area contributed by atoms with E-state index in [1.54, 1.807) is 31.1 Å². The van der Waals surface area contributed by atoms with E-state index in [4.69, 9.17) is 4.42 Å². The molecule has 2 aliphatic rings. The van der Waals surface area contributed by atoms with Crippen molar-refractivity contribution in [2.75, 3.05) is 40.3 Å². The number of aromatic nitrogens is 1. The number of carbonyl (C=O) groups excluding carboxylic acids is 4. The van der Waals surface area contributed by atoms with E-state index in [0.717, 1.165) is 49.9 Å². The number of furan rings is 1. The number of carbonyl (C=O) groups is 4. The highest BCUT2D eigenvalue weighted by Gasteiger charge is 2.29. The van der Waals surface area contributed by atoms with Crippen LogP contribution in [0.15, 0.2) is 57.0 Å². The SMILES string of the molecule is Cc1cc2cc(N=C(/N=C/C3CCCCN(CC(=O)N4CCCC4)C3=O)NC(=O)c3ccnc(C(=O)N(C)C)c3)ccc2o1. The maximum Gasteiger partial charge on any atom is 0.271 e. The zero-order valence-electron chi connectivity index (χ0n) is 25.3. The van der Waals surface area contributed by atoms with Gasteiger partial charge in [-0.25, -0.2) is 9.98 Å². The monoisotopic (exact) mass is 599 g/mol. The second-order valence-corrected chi connectivity index (χ2v) is 11.3. The van der Waals surface area contributed by atoms with Crippen molar-refractivity contribution in [2.45, 2.75) is 39.0 Å². The molecule has 230 valence electrons. The minimum atomic E-state index is -0.574. The van der Waals surface area contributed by atoms with Gasteiger partial charge in [-0.05, 0) is 69.0 Å². The maximum absolute atomic E-state index is 13.5. The van der Waals surface area contributed by atoms with Gasteiger partial charge in [-0.2, -0.15) is 0 Å². The Hall–Kier alpha value is -4.87. The number of nitrogens with zero attached hydrogens (tertiary/aromatic N) is 6. The smallest absolute Gasteiger partial charge is 0.271 e. The number of nitrogens with one attached hydrogen (secondary N) is 1. The number of aryl methyl sites for hydroxylation is 1. The van der Waals surface area contributed by atoms with Gasteiger partial charge < -0.3 is 19.1 Å². The number of benzene rings is 1. The lowest BCUT2D eigenvalue weighted by molar-refractivity contribution is -0.140. The molecule has 0 saturated carbocycles. The van der Waals surface area contributed by atoms with Crippen LogP contribution in [0.5, 0.6) is 0 Å². The molecule has 0 radical (unpaired) electrons. The normalized spacial score (nSPS) is 17.8. The van der Waals surface area contributed by atoms with Crippen molar-refractivity contribution in [1.82, 2.24) is 25.0 Å². The van der Waals surface area contributed by atoms with E-state index in [0.29, 0.717) is 24.2 Å². The average Bonchev–Trinajstić information content (AvgIpc) is 3.64. The van der Waals surface area contributed by atoms with E-state index in [1.807, 2.05) is 24.0 Å². The third-order valence-corrected chi connectivity index (χ3v) is 7.71. The van der Waals surface area contributed by atoms with Crippen LogP contribution in [0.4, 0.5) is 5.69 Å². The van der Waals surface area contributed by atoms with Gasteiger partial charge in [0, 0.05) is 57.1 Å². The molecule has 4 amide bonds. The topological polar surface area (TPSA) is 141 Å². The number of rotatable bonds is 6. The number of hydrogen-bond acceptors (Lipinski definition) is 7. The van der Waals surface area contributed by atoms with Crippen LogP contribution < -0.4 is 5.32 Å². The molecule has 0 spiro atoms. The molecule has 3 aromatic rings. The van der Waals surface area contributed by atoms with Crippen LogP contribution >= 0.6 is 0 Å². The Bertz CT molecular complexity index is 1620. The Morgan fingerprint density at radius 2 is 1.84 bits per heavy atom. The highest BCUT2D eigenvalue weighted by Crippen LogP contribution is 2.25. The molecule has 0 bridgehead atoms. The standard InChI is InChI=1S/C32H37N7O5/c1-21-16-24-17-25(9-10-27(24)44-21)35-32(36-29(41)22-11-12-33-26(18-22)31(43)37(2)3)34-19-23-8-4-5-15-39(30(23)42)20-28(40)38-13-6-7-14-38/h9-12,16-19,23H,4-8,13-15,20H2,1-3H3,(H,35,36,41)/b34-19+. The average molecular weight is 600 g/mol. The third kappa shape index (κ3) is 7.36. The highest BCUT2D eigenvalue weighted by molar-refractivity contribution is 6.10. The lowest BCUT2D eigenvalue weighted by Crippen LogP contribution is -2.44. The van der Waals surface area contributed by atoms with Crippen LogP contribution in [0.3, 0.4) is 0 Å². The first-order chi connectivity index (χ1) is 21.2. The zero-order valence-corrected chi connectivity index (χ0v) is 25.3. The fraction of sp³-hybridized carbons (Fsp3) is 0.406. The summed E-state index contributed by atoms with van der Waals surface area (Å²) < 4.78 is 5.66. The first-order valence-electron chi connectivity index (χ1n) is 14.9. The van der Waals surface area contributed by atoms with Gasteiger partial charge in [-0.3, -0.25) is 29.5 Å². The van der Waals surface area contributed by atoms with Crippen molar-refractivity contribution >= 4 is 52.5 Å². The van der Waals surface area contributed by atoms with Gasteiger partial charge >= 0.3 is 0 Å². The number of hydrogen-bond donors (Lipinski definition) is 1. The Morgan fingerprint density at radius 3 is 2.61 bits per heavy atom. The van der Waals surface area contributed by atoms with Crippen molar-refractivity contribution in [1.29, 1.82) is 0 Å². The molecule has 0 aliphatic carbocycles. The number of fused-ring (bicyclic) bond motifs is 1. The van der Waals surface area contributed by atoms with Crippen LogP contribution in [0.2, 0.25) is 0 Å². The molecular formula is C32H37N7O5. The number of guanidine groups is 1. The summed E-state index contributed by atoms with van der Waals surface area (Å²) in [6.45, 7) is 3.89. The Kier molecular flexibility index (Phi) is 9.47. The molecule has 2 fully saturated rings. The summed E-state index contributed by atoms with van der Waals surface area (Å²) in [6, 6.07) is 10.1. The summed E-state index contributed by atoms with van der Waals surface area (Å²) in [5.41, 5.74) is 1.55. The Labute approximate surface area is 255 Å². The number of aliphatic imine (C=N–C) groups is 2. The van der Waals surface area contributed by atoms with Gasteiger partial charge in [0.25, 0.3) is 11.8 Å². The van der Waals surface area contributed by atoms with Crippen LogP contribution in [0, 0.1) is 12.8 Å². The van der Waals surface area contributed by atoms with Gasteiger partial charge in [-0.1, -0.05) is 6.42 Å². The third-order valence-electron chi connectivity index (χ3n) is 7.71. The Balaban J connectivity index is 1.40. The molecule has 12 nitrogen and oxygen atoms in total. The quantitative estimate of drug-likeness (QED) is 0.339. The molecule has 1 N–H and O–H groups in total.